The summed E-state index contributed by atoms with van der Waals surface area (Å²) in [5, 5.41) is 8.26. The van der Waals surface area contributed by atoms with Crippen molar-refractivity contribution in [3.8, 4) is 5.75 Å². The highest BCUT2D eigenvalue weighted by atomic mass is 35.5. The number of carbonyl (C=O) groups excluding carboxylic acids is 2. The van der Waals surface area contributed by atoms with Crippen molar-refractivity contribution < 1.29 is 14.3 Å². The summed E-state index contributed by atoms with van der Waals surface area (Å²) in [4.78, 5) is 24.4. The van der Waals surface area contributed by atoms with Crippen molar-refractivity contribution in [2.45, 2.75) is 19.4 Å². The molecule has 0 radical (unpaired) electrons. The molecule has 2 rings (SSSR count). The van der Waals surface area contributed by atoms with E-state index in [1.807, 2.05) is 11.4 Å². The number of benzene rings is 1. The van der Waals surface area contributed by atoms with Crippen molar-refractivity contribution in [2.24, 2.45) is 0 Å². The molecule has 0 fully saturated rings. The number of halogens is 2. The molecule has 8 heteroatoms. The van der Waals surface area contributed by atoms with Crippen molar-refractivity contribution >= 4 is 46.4 Å². The van der Waals surface area contributed by atoms with Crippen molar-refractivity contribution in [3.05, 3.63) is 50.6 Å². The molecule has 2 amide bonds. The van der Waals surface area contributed by atoms with Gasteiger partial charge in [0.15, 0.2) is 6.10 Å². The van der Waals surface area contributed by atoms with E-state index in [2.05, 4.69) is 10.6 Å². The quantitative estimate of drug-likeness (QED) is 0.662. The Morgan fingerprint density at radius 2 is 1.96 bits per heavy atom. The van der Waals surface area contributed by atoms with Crippen molar-refractivity contribution in [3.63, 3.8) is 0 Å². The zero-order valence-corrected chi connectivity index (χ0v) is 15.9. The summed E-state index contributed by atoms with van der Waals surface area (Å²) in [5.74, 6) is 0.0444. The van der Waals surface area contributed by atoms with Crippen LogP contribution < -0.4 is 15.4 Å². The Hall–Kier alpha value is -1.76. The van der Waals surface area contributed by atoms with Crippen LogP contribution in [-0.4, -0.2) is 31.0 Å². The molecular weight excluding hydrogens is 383 g/mol. The standard InChI is InChI=1S/C17H18Cl2N2O3S/c1-11(24-14-6-5-12(18)10-13(14)19)16(22)20-7-3-8-21-17(23)15-4-2-9-25-15/h2,4-6,9-11H,3,7-8H2,1H3,(H,20,22)(H,21,23)/t11-/m0/s1. The van der Waals surface area contributed by atoms with Crippen LogP contribution in [0.4, 0.5) is 0 Å². The number of thiophene rings is 1. The van der Waals surface area contributed by atoms with Gasteiger partial charge < -0.3 is 15.4 Å². The summed E-state index contributed by atoms with van der Waals surface area (Å²) in [7, 11) is 0. The van der Waals surface area contributed by atoms with Crippen LogP contribution in [0.15, 0.2) is 35.7 Å². The Labute approximate surface area is 160 Å². The molecule has 1 aromatic heterocycles. The van der Waals surface area contributed by atoms with Gasteiger partial charge in [-0.15, -0.1) is 11.3 Å². The highest BCUT2D eigenvalue weighted by molar-refractivity contribution is 7.12. The fourth-order valence-corrected chi connectivity index (χ4v) is 3.05. The molecule has 0 aliphatic rings. The maximum atomic E-state index is 12.0. The molecule has 0 spiro atoms. The molecule has 0 bridgehead atoms. The van der Waals surface area contributed by atoms with Gasteiger partial charge in [0.25, 0.3) is 11.8 Å². The van der Waals surface area contributed by atoms with Gasteiger partial charge in [0.1, 0.15) is 5.75 Å². The number of amides is 2. The molecule has 25 heavy (non-hydrogen) atoms. The molecule has 5 nitrogen and oxygen atoms in total. The lowest BCUT2D eigenvalue weighted by Crippen LogP contribution is -2.37. The molecule has 0 saturated carbocycles. The van der Waals surface area contributed by atoms with Crippen LogP contribution >= 0.6 is 34.5 Å². The van der Waals surface area contributed by atoms with Crippen LogP contribution in [0.3, 0.4) is 0 Å². The molecule has 0 unspecified atom stereocenters. The number of hydrogen-bond acceptors (Lipinski definition) is 4. The molecule has 1 heterocycles. The second kappa shape index (κ2) is 9.65. The molecule has 0 aliphatic carbocycles. The van der Waals surface area contributed by atoms with E-state index >= 15 is 0 Å². The first kappa shape index (κ1) is 19.6. The van der Waals surface area contributed by atoms with E-state index in [1.165, 1.54) is 11.3 Å². The number of hydrogen-bond donors (Lipinski definition) is 2. The normalized spacial score (nSPS) is 11.6. The fraction of sp³-hybridized carbons (Fsp3) is 0.294. The van der Waals surface area contributed by atoms with E-state index in [-0.39, 0.29) is 11.8 Å². The second-order valence-corrected chi connectivity index (χ2v) is 7.00. The summed E-state index contributed by atoms with van der Waals surface area (Å²) in [6.45, 7) is 2.56. The lowest BCUT2D eigenvalue weighted by Gasteiger charge is -2.15. The van der Waals surface area contributed by atoms with E-state index < -0.39 is 6.10 Å². The zero-order valence-electron chi connectivity index (χ0n) is 13.6. The van der Waals surface area contributed by atoms with Crippen LogP contribution in [0.1, 0.15) is 23.0 Å². The van der Waals surface area contributed by atoms with E-state index in [1.54, 1.807) is 31.2 Å². The van der Waals surface area contributed by atoms with Gasteiger partial charge in [0, 0.05) is 18.1 Å². The predicted molar refractivity (Wildman–Crippen MR) is 101 cm³/mol. The average molecular weight is 401 g/mol. The smallest absolute Gasteiger partial charge is 0.261 e. The third-order valence-electron chi connectivity index (χ3n) is 3.25. The van der Waals surface area contributed by atoms with Gasteiger partial charge in [-0.3, -0.25) is 9.59 Å². The number of carbonyl (C=O) groups is 2. The summed E-state index contributed by atoms with van der Waals surface area (Å²) >= 11 is 13.2. The maximum Gasteiger partial charge on any atom is 0.261 e. The minimum absolute atomic E-state index is 0.101. The van der Waals surface area contributed by atoms with Gasteiger partial charge in [0.2, 0.25) is 0 Å². The van der Waals surface area contributed by atoms with Crippen molar-refractivity contribution in [1.82, 2.24) is 10.6 Å². The largest absolute Gasteiger partial charge is 0.479 e. The van der Waals surface area contributed by atoms with Crippen LogP contribution in [0.2, 0.25) is 10.0 Å². The molecule has 2 N–H and O–H groups in total. The van der Waals surface area contributed by atoms with E-state index in [0.717, 1.165) is 0 Å². The molecule has 0 saturated heterocycles. The Morgan fingerprint density at radius 3 is 2.64 bits per heavy atom. The molecule has 134 valence electrons. The first-order valence-electron chi connectivity index (χ1n) is 7.68. The topological polar surface area (TPSA) is 67.4 Å². The van der Waals surface area contributed by atoms with Crippen LogP contribution in [0, 0.1) is 0 Å². The lowest BCUT2D eigenvalue weighted by molar-refractivity contribution is -0.127. The molecule has 1 aromatic carbocycles. The third kappa shape index (κ3) is 6.23. The van der Waals surface area contributed by atoms with Crippen molar-refractivity contribution in [1.29, 1.82) is 0 Å². The molecule has 0 aliphatic heterocycles. The van der Waals surface area contributed by atoms with E-state index in [4.69, 9.17) is 27.9 Å². The highest BCUT2D eigenvalue weighted by Crippen LogP contribution is 2.28. The molecular formula is C17H18Cl2N2O3S. The average Bonchev–Trinajstić information content (AvgIpc) is 3.11. The third-order valence-corrected chi connectivity index (χ3v) is 4.65. The molecule has 2 aromatic rings. The van der Waals surface area contributed by atoms with Gasteiger partial charge in [-0.25, -0.2) is 0 Å². The predicted octanol–water partition coefficient (Wildman–Crippen LogP) is 3.76. The van der Waals surface area contributed by atoms with Crippen LogP contribution in [-0.2, 0) is 4.79 Å². The van der Waals surface area contributed by atoms with Gasteiger partial charge in [0.05, 0.1) is 9.90 Å². The number of rotatable bonds is 8. The first-order valence-corrected chi connectivity index (χ1v) is 9.32. The lowest BCUT2D eigenvalue weighted by atomic mass is 10.3. The summed E-state index contributed by atoms with van der Waals surface area (Å²) in [6, 6.07) is 8.41. The minimum Gasteiger partial charge on any atom is -0.479 e. The van der Waals surface area contributed by atoms with E-state index in [9.17, 15) is 9.59 Å². The SMILES string of the molecule is C[C@H](Oc1ccc(Cl)cc1Cl)C(=O)NCCCNC(=O)c1cccs1. The van der Waals surface area contributed by atoms with Crippen LogP contribution in [0.5, 0.6) is 5.75 Å². The zero-order chi connectivity index (χ0) is 18.2. The van der Waals surface area contributed by atoms with E-state index in [0.29, 0.717) is 40.2 Å². The summed E-state index contributed by atoms with van der Waals surface area (Å²) in [6.07, 6.45) is -0.0727. The Bertz CT molecular complexity index is 723. The van der Waals surface area contributed by atoms with Gasteiger partial charge in [-0.2, -0.15) is 0 Å². The maximum absolute atomic E-state index is 12.0. The Morgan fingerprint density at radius 1 is 1.20 bits per heavy atom. The van der Waals surface area contributed by atoms with Gasteiger partial charge >= 0.3 is 0 Å². The summed E-state index contributed by atoms with van der Waals surface area (Å²) < 4.78 is 5.54. The Balaban J connectivity index is 1.66. The summed E-state index contributed by atoms with van der Waals surface area (Å²) in [5.41, 5.74) is 0. The first-order chi connectivity index (χ1) is 12.0. The van der Waals surface area contributed by atoms with Gasteiger partial charge in [-0.1, -0.05) is 29.3 Å². The minimum atomic E-state index is -0.695. The second-order valence-electron chi connectivity index (χ2n) is 5.21. The fourth-order valence-electron chi connectivity index (χ4n) is 1.96. The highest BCUT2D eigenvalue weighted by Gasteiger charge is 2.15. The Kier molecular flexibility index (Phi) is 7.55. The van der Waals surface area contributed by atoms with Gasteiger partial charge in [-0.05, 0) is 43.0 Å². The van der Waals surface area contributed by atoms with Crippen LogP contribution in [0.25, 0.3) is 0 Å². The van der Waals surface area contributed by atoms with Crippen molar-refractivity contribution in [2.75, 3.05) is 13.1 Å². The molecule has 1 atom stereocenters. The monoisotopic (exact) mass is 400 g/mol. The number of nitrogens with one attached hydrogen (secondary N) is 2. The number of ether oxygens (including phenoxy) is 1.